The molecule has 1 aromatic carbocycles. The summed E-state index contributed by atoms with van der Waals surface area (Å²) in [6, 6.07) is 2.19. The van der Waals surface area contributed by atoms with Crippen LogP contribution in [0, 0.1) is 19.3 Å². The highest BCUT2D eigenvalue weighted by Crippen LogP contribution is 2.25. The molecule has 0 bridgehead atoms. The molecular weight excluding hydrogens is 234 g/mol. The molecule has 0 unspecified atom stereocenters. The lowest BCUT2D eigenvalue weighted by molar-refractivity contribution is 0.461. The van der Waals surface area contributed by atoms with Crippen LogP contribution < -0.4 is 5.32 Å². The van der Waals surface area contributed by atoms with E-state index in [4.69, 9.17) is 0 Å². The van der Waals surface area contributed by atoms with Crippen LogP contribution in [0.4, 0.5) is 0 Å². The molecular formula is C16H23N3. The summed E-state index contributed by atoms with van der Waals surface area (Å²) < 4.78 is 0. The van der Waals surface area contributed by atoms with Crippen molar-refractivity contribution in [2.75, 3.05) is 0 Å². The second kappa shape index (κ2) is 4.72. The first kappa shape index (κ1) is 13.7. The van der Waals surface area contributed by atoms with Crippen LogP contribution >= 0.6 is 0 Å². The van der Waals surface area contributed by atoms with E-state index < -0.39 is 0 Å². The molecule has 2 rings (SSSR count). The van der Waals surface area contributed by atoms with Gasteiger partial charge in [0.05, 0.1) is 17.4 Å². The molecule has 0 spiro atoms. The van der Waals surface area contributed by atoms with Crippen molar-refractivity contribution in [3.8, 4) is 0 Å². The fraction of sp³-hybridized carbons (Fsp3) is 0.438. The number of H-pyrrole nitrogens is 1. The summed E-state index contributed by atoms with van der Waals surface area (Å²) in [5.74, 6) is 0. The third-order valence-electron chi connectivity index (χ3n) is 3.61. The summed E-state index contributed by atoms with van der Waals surface area (Å²) in [5, 5.41) is 3.44. The predicted octanol–water partition coefficient (Wildman–Crippen LogP) is 3.83. The Morgan fingerprint density at radius 3 is 2.63 bits per heavy atom. The lowest BCUT2D eigenvalue weighted by Crippen LogP contribution is -2.23. The molecule has 0 atom stereocenters. The zero-order valence-corrected chi connectivity index (χ0v) is 12.5. The number of hydrogen-bond donors (Lipinski definition) is 2. The van der Waals surface area contributed by atoms with Crippen LogP contribution in [0.2, 0.25) is 0 Å². The number of fused-ring (bicyclic) bond motifs is 1. The average molecular weight is 257 g/mol. The zero-order valence-electron chi connectivity index (χ0n) is 12.5. The van der Waals surface area contributed by atoms with Gasteiger partial charge in [-0.2, -0.15) is 0 Å². The van der Waals surface area contributed by atoms with Gasteiger partial charge in [0.15, 0.2) is 0 Å². The van der Waals surface area contributed by atoms with E-state index in [1.165, 1.54) is 16.7 Å². The van der Waals surface area contributed by atoms with Gasteiger partial charge >= 0.3 is 0 Å². The van der Waals surface area contributed by atoms with Gasteiger partial charge in [0.25, 0.3) is 0 Å². The monoisotopic (exact) mass is 257 g/mol. The van der Waals surface area contributed by atoms with Gasteiger partial charge in [-0.15, -0.1) is 0 Å². The maximum Gasteiger partial charge on any atom is 0.0932 e. The Morgan fingerprint density at radius 1 is 1.32 bits per heavy atom. The van der Waals surface area contributed by atoms with Gasteiger partial charge in [-0.05, 0) is 30.5 Å². The maximum absolute atomic E-state index is 4.39. The minimum Gasteiger partial charge on any atom is -0.384 e. The lowest BCUT2D eigenvalue weighted by Gasteiger charge is -2.23. The van der Waals surface area contributed by atoms with E-state index >= 15 is 0 Å². The van der Waals surface area contributed by atoms with Gasteiger partial charge < -0.3 is 10.3 Å². The number of nitrogens with zero attached hydrogens (tertiary/aromatic N) is 1. The molecule has 3 nitrogen and oxygen atoms in total. The number of allylic oxidation sites excluding steroid dienone is 1. The summed E-state index contributed by atoms with van der Waals surface area (Å²) in [5.41, 5.74) is 7.08. The average Bonchev–Trinajstić information content (AvgIpc) is 2.76. The van der Waals surface area contributed by atoms with Crippen molar-refractivity contribution in [3.05, 3.63) is 41.4 Å². The van der Waals surface area contributed by atoms with E-state index in [2.05, 4.69) is 62.5 Å². The second-order valence-corrected chi connectivity index (χ2v) is 6.20. The lowest BCUT2D eigenvalue weighted by atomic mass is 9.92. The fourth-order valence-electron chi connectivity index (χ4n) is 2.19. The SMILES string of the molecule is C=C(NCc1c(C)cc(C)c2nc[nH]c12)C(C)(C)C. The van der Waals surface area contributed by atoms with Crippen molar-refractivity contribution in [3.63, 3.8) is 0 Å². The zero-order chi connectivity index (χ0) is 14.2. The van der Waals surface area contributed by atoms with Gasteiger partial charge in [0.1, 0.15) is 0 Å². The standard InChI is InChI=1S/C16H23N3/c1-10-7-11(2)14-15(19-9-18-14)13(10)8-17-12(3)16(4,5)6/h7,9,17H,3,8H2,1-2,4-6H3,(H,18,19). The number of aromatic nitrogens is 2. The predicted molar refractivity (Wildman–Crippen MR) is 81.0 cm³/mol. The van der Waals surface area contributed by atoms with E-state index in [1.54, 1.807) is 6.33 Å². The summed E-state index contributed by atoms with van der Waals surface area (Å²) in [4.78, 5) is 7.64. The molecule has 0 aliphatic heterocycles. The highest BCUT2D eigenvalue weighted by Gasteiger charge is 2.16. The highest BCUT2D eigenvalue weighted by atomic mass is 14.9. The molecule has 0 radical (unpaired) electrons. The van der Waals surface area contributed by atoms with Gasteiger partial charge in [-0.25, -0.2) is 4.98 Å². The summed E-state index contributed by atoms with van der Waals surface area (Å²) in [6.07, 6.45) is 1.76. The number of aromatic amines is 1. The van der Waals surface area contributed by atoms with E-state index in [1.807, 2.05) is 0 Å². The molecule has 0 amide bonds. The van der Waals surface area contributed by atoms with Gasteiger partial charge in [-0.1, -0.05) is 33.4 Å². The molecule has 19 heavy (non-hydrogen) atoms. The van der Waals surface area contributed by atoms with Gasteiger partial charge in [0.2, 0.25) is 0 Å². The number of benzene rings is 1. The van der Waals surface area contributed by atoms with Crippen molar-refractivity contribution in [2.24, 2.45) is 5.41 Å². The third kappa shape index (κ3) is 2.65. The molecule has 0 aliphatic rings. The first-order chi connectivity index (χ1) is 8.80. The van der Waals surface area contributed by atoms with Gasteiger partial charge in [0, 0.05) is 17.7 Å². The number of aryl methyl sites for hydroxylation is 2. The molecule has 1 heterocycles. The Balaban J connectivity index is 2.31. The Hall–Kier alpha value is -1.77. The molecule has 0 saturated heterocycles. The van der Waals surface area contributed by atoms with Crippen molar-refractivity contribution < 1.29 is 0 Å². The topological polar surface area (TPSA) is 40.7 Å². The van der Waals surface area contributed by atoms with Crippen LogP contribution in [-0.2, 0) is 6.54 Å². The minimum atomic E-state index is 0.0751. The third-order valence-corrected chi connectivity index (χ3v) is 3.61. The van der Waals surface area contributed by atoms with Crippen LogP contribution in [-0.4, -0.2) is 9.97 Å². The molecule has 1 aromatic heterocycles. The normalized spacial score (nSPS) is 11.8. The number of hydrogen-bond acceptors (Lipinski definition) is 2. The highest BCUT2D eigenvalue weighted by molar-refractivity contribution is 5.82. The minimum absolute atomic E-state index is 0.0751. The van der Waals surface area contributed by atoms with Crippen LogP contribution in [0.25, 0.3) is 11.0 Å². The van der Waals surface area contributed by atoms with Crippen LogP contribution in [0.5, 0.6) is 0 Å². The first-order valence-corrected chi connectivity index (χ1v) is 6.66. The molecule has 102 valence electrons. The van der Waals surface area contributed by atoms with E-state index in [0.29, 0.717) is 0 Å². The number of rotatable bonds is 3. The molecule has 0 fully saturated rings. The van der Waals surface area contributed by atoms with Crippen LogP contribution in [0.3, 0.4) is 0 Å². The van der Waals surface area contributed by atoms with Crippen molar-refractivity contribution in [1.29, 1.82) is 0 Å². The summed E-state index contributed by atoms with van der Waals surface area (Å²) in [6.45, 7) is 15.6. The maximum atomic E-state index is 4.39. The molecule has 0 saturated carbocycles. The molecule has 2 N–H and O–H groups in total. The largest absolute Gasteiger partial charge is 0.384 e. The Labute approximate surface area is 115 Å². The Kier molecular flexibility index (Phi) is 3.40. The van der Waals surface area contributed by atoms with Crippen LogP contribution in [0.15, 0.2) is 24.7 Å². The van der Waals surface area contributed by atoms with Gasteiger partial charge in [-0.3, -0.25) is 0 Å². The summed E-state index contributed by atoms with van der Waals surface area (Å²) in [7, 11) is 0. The van der Waals surface area contributed by atoms with E-state index in [9.17, 15) is 0 Å². The number of nitrogens with one attached hydrogen (secondary N) is 2. The fourth-order valence-corrected chi connectivity index (χ4v) is 2.19. The number of imidazole rings is 1. The second-order valence-electron chi connectivity index (χ2n) is 6.20. The smallest absolute Gasteiger partial charge is 0.0932 e. The summed E-state index contributed by atoms with van der Waals surface area (Å²) >= 11 is 0. The van der Waals surface area contributed by atoms with Crippen molar-refractivity contribution in [1.82, 2.24) is 15.3 Å². The Bertz CT molecular complexity index is 615. The van der Waals surface area contributed by atoms with E-state index in [-0.39, 0.29) is 5.41 Å². The van der Waals surface area contributed by atoms with Crippen molar-refractivity contribution in [2.45, 2.75) is 41.2 Å². The van der Waals surface area contributed by atoms with Crippen LogP contribution in [0.1, 0.15) is 37.5 Å². The van der Waals surface area contributed by atoms with E-state index in [0.717, 1.165) is 23.3 Å². The molecule has 3 heteroatoms. The molecule has 2 aromatic rings. The quantitative estimate of drug-likeness (QED) is 0.877. The molecule has 0 aliphatic carbocycles. The van der Waals surface area contributed by atoms with Crippen molar-refractivity contribution >= 4 is 11.0 Å². The first-order valence-electron chi connectivity index (χ1n) is 6.66. The Morgan fingerprint density at radius 2 is 2.00 bits per heavy atom.